The first-order valence-electron chi connectivity index (χ1n) is 6.31. The van der Waals surface area contributed by atoms with Gasteiger partial charge in [-0.3, -0.25) is 4.79 Å². The van der Waals surface area contributed by atoms with Crippen LogP contribution in [0.4, 0.5) is 5.69 Å². The van der Waals surface area contributed by atoms with Crippen LogP contribution < -0.4 is 14.8 Å². The summed E-state index contributed by atoms with van der Waals surface area (Å²) in [7, 11) is 1.56. The number of para-hydroxylation sites is 2. The Morgan fingerprint density at radius 2 is 1.80 bits per heavy atom. The monoisotopic (exact) mass is 271 g/mol. The van der Waals surface area contributed by atoms with Gasteiger partial charge in [0.25, 0.3) is 5.91 Å². The first-order valence-corrected chi connectivity index (χ1v) is 6.31. The summed E-state index contributed by atoms with van der Waals surface area (Å²) in [4.78, 5) is 11.8. The zero-order valence-corrected chi connectivity index (χ0v) is 11.6. The number of carbonyl (C=O) groups is 1. The average Bonchev–Trinajstić information content (AvgIpc) is 2.47. The van der Waals surface area contributed by atoms with Crippen LogP contribution in [0.2, 0.25) is 0 Å². The Balaban J connectivity index is 1.91. The number of benzene rings is 2. The van der Waals surface area contributed by atoms with Crippen molar-refractivity contribution >= 4 is 11.6 Å². The molecule has 0 atom stereocenters. The normalized spacial score (nSPS) is 9.90. The van der Waals surface area contributed by atoms with Crippen LogP contribution in [-0.2, 0) is 4.79 Å². The summed E-state index contributed by atoms with van der Waals surface area (Å²) in [5, 5.41) is 2.75. The molecule has 0 aliphatic heterocycles. The van der Waals surface area contributed by atoms with Gasteiger partial charge in [-0.1, -0.05) is 29.8 Å². The van der Waals surface area contributed by atoms with Gasteiger partial charge in [0.15, 0.2) is 6.61 Å². The molecule has 0 unspecified atom stereocenters. The summed E-state index contributed by atoms with van der Waals surface area (Å²) in [5.41, 5.74) is 1.78. The van der Waals surface area contributed by atoms with Gasteiger partial charge in [-0.2, -0.15) is 0 Å². The third-order valence-corrected chi connectivity index (χ3v) is 2.77. The lowest BCUT2D eigenvalue weighted by atomic mass is 10.2. The summed E-state index contributed by atoms with van der Waals surface area (Å²) < 4.78 is 10.6. The first kappa shape index (κ1) is 13.9. The lowest BCUT2D eigenvalue weighted by Crippen LogP contribution is -2.20. The predicted molar refractivity (Wildman–Crippen MR) is 78.3 cm³/mol. The Kier molecular flexibility index (Phi) is 4.60. The highest BCUT2D eigenvalue weighted by atomic mass is 16.5. The largest absolute Gasteiger partial charge is 0.495 e. The molecule has 0 heterocycles. The van der Waals surface area contributed by atoms with Crippen molar-refractivity contribution in [3.8, 4) is 11.5 Å². The van der Waals surface area contributed by atoms with Crippen molar-refractivity contribution in [1.82, 2.24) is 0 Å². The molecule has 0 aliphatic carbocycles. The Hall–Kier alpha value is -2.49. The maximum Gasteiger partial charge on any atom is 0.262 e. The van der Waals surface area contributed by atoms with E-state index in [0.29, 0.717) is 17.2 Å². The molecule has 0 saturated carbocycles. The molecule has 0 spiro atoms. The summed E-state index contributed by atoms with van der Waals surface area (Å²) >= 11 is 0. The zero-order chi connectivity index (χ0) is 14.4. The van der Waals surface area contributed by atoms with Crippen molar-refractivity contribution < 1.29 is 14.3 Å². The van der Waals surface area contributed by atoms with E-state index in [0.717, 1.165) is 5.56 Å². The Morgan fingerprint density at radius 3 is 2.50 bits per heavy atom. The average molecular weight is 271 g/mol. The number of aryl methyl sites for hydroxylation is 1. The van der Waals surface area contributed by atoms with Crippen molar-refractivity contribution in [2.24, 2.45) is 0 Å². The van der Waals surface area contributed by atoms with Crippen molar-refractivity contribution in [1.29, 1.82) is 0 Å². The minimum absolute atomic E-state index is 0.0406. The highest BCUT2D eigenvalue weighted by Crippen LogP contribution is 2.22. The van der Waals surface area contributed by atoms with Crippen LogP contribution >= 0.6 is 0 Å². The summed E-state index contributed by atoms with van der Waals surface area (Å²) in [6.07, 6.45) is 0. The molecule has 104 valence electrons. The number of methoxy groups -OCH3 is 1. The fourth-order valence-electron chi connectivity index (χ4n) is 1.72. The summed E-state index contributed by atoms with van der Waals surface area (Å²) in [6.45, 7) is 1.96. The molecule has 0 fully saturated rings. The number of nitrogens with one attached hydrogen (secondary N) is 1. The molecular weight excluding hydrogens is 254 g/mol. The van der Waals surface area contributed by atoms with E-state index in [4.69, 9.17) is 9.47 Å². The smallest absolute Gasteiger partial charge is 0.262 e. The third kappa shape index (κ3) is 3.75. The molecule has 20 heavy (non-hydrogen) atoms. The fourth-order valence-corrected chi connectivity index (χ4v) is 1.72. The molecule has 0 aliphatic rings. The Labute approximate surface area is 118 Å². The van der Waals surface area contributed by atoms with E-state index in [1.54, 1.807) is 19.2 Å². The quantitative estimate of drug-likeness (QED) is 0.909. The molecular formula is C16H17NO3. The topological polar surface area (TPSA) is 47.6 Å². The minimum Gasteiger partial charge on any atom is -0.495 e. The number of carbonyl (C=O) groups excluding carboxylic acids is 1. The molecule has 2 aromatic rings. The first-order chi connectivity index (χ1) is 9.69. The van der Waals surface area contributed by atoms with E-state index in [1.807, 2.05) is 43.3 Å². The van der Waals surface area contributed by atoms with Gasteiger partial charge >= 0.3 is 0 Å². The van der Waals surface area contributed by atoms with E-state index in [1.165, 1.54) is 0 Å². The molecule has 2 rings (SSSR count). The molecule has 4 heteroatoms. The Bertz CT molecular complexity index is 579. The number of rotatable bonds is 5. The highest BCUT2D eigenvalue weighted by molar-refractivity contribution is 5.93. The second kappa shape index (κ2) is 6.61. The lowest BCUT2D eigenvalue weighted by Gasteiger charge is -2.10. The maximum absolute atomic E-state index is 11.8. The number of amides is 1. The predicted octanol–water partition coefficient (Wildman–Crippen LogP) is 3.02. The SMILES string of the molecule is COc1ccccc1NC(=O)COc1ccc(C)cc1. The molecule has 4 nitrogen and oxygen atoms in total. The van der Waals surface area contributed by atoms with Gasteiger partial charge in [-0.15, -0.1) is 0 Å². The van der Waals surface area contributed by atoms with Gasteiger partial charge in [0.2, 0.25) is 0 Å². The van der Waals surface area contributed by atoms with Crippen LogP contribution in [0.15, 0.2) is 48.5 Å². The lowest BCUT2D eigenvalue weighted by molar-refractivity contribution is -0.118. The van der Waals surface area contributed by atoms with Gasteiger partial charge in [-0.05, 0) is 31.2 Å². The number of anilines is 1. The van der Waals surface area contributed by atoms with Gasteiger partial charge in [0.05, 0.1) is 12.8 Å². The highest BCUT2D eigenvalue weighted by Gasteiger charge is 2.07. The van der Waals surface area contributed by atoms with E-state index in [-0.39, 0.29) is 12.5 Å². The molecule has 1 N–H and O–H groups in total. The van der Waals surface area contributed by atoms with Gasteiger partial charge in [0.1, 0.15) is 11.5 Å². The number of hydrogen-bond acceptors (Lipinski definition) is 3. The molecule has 0 aromatic heterocycles. The standard InChI is InChI=1S/C16H17NO3/c1-12-7-9-13(10-8-12)20-11-16(18)17-14-5-3-4-6-15(14)19-2/h3-10H,11H2,1-2H3,(H,17,18). The van der Waals surface area contributed by atoms with E-state index in [9.17, 15) is 4.79 Å². The van der Waals surface area contributed by atoms with Crippen LogP contribution in [0.5, 0.6) is 11.5 Å². The van der Waals surface area contributed by atoms with Crippen LogP contribution in [0.3, 0.4) is 0 Å². The molecule has 0 bridgehead atoms. The second-order valence-corrected chi connectivity index (χ2v) is 4.35. The van der Waals surface area contributed by atoms with Crippen LogP contribution in [0, 0.1) is 6.92 Å². The van der Waals surface area contributed by atoms with E-state index >= 15 is 0 Å². The van der Waals surface area contributed by atoms with Crippen LogP contribution in [0.1, 0.15) is 5.56 Å². The summed E-state index contributed by atoms with van der Waals surface area (Å²) in [5.74, 6) is 1.07. The van der Waals surface area contributed by atoms with Crippen LogP contribution in [0.25, 0.3) is 0 Å². The van der Waals surface area contributed by atoms with Crippen molar-refractivity contribution in [2.75, 3.05) is 19.0 Å². The summed E-state index contributed by atoms with van der Waals surface area (Å²) in [6, 6.07) is 14.8. The second-order valence-electron chi connectivity index (χ2n) is 4.35. The maximum atomic E-state index is 11.8. The number of ether oxygens (including phenoxy) is 2. The van der Waals surface area contributed by atoms with Gasteiger partial charge in [0, 0.05) is 0 Å². The third-order valence-electron chi connectivity index (χ3n) is 2.77. The van der Waals surface area contributed by atoms with Gasteiger partial charge < -0.3 is 14.8 Å². The molecule has 0 radical (unpaired) electrons. The van der Waals surface area contributed by atoms with E-state index < -0.39 is 0 Å². The fraction of sp³-hybridized carbons (Fsp3) is 0.188. The van der Waals surface area contributed by atoms with Crippen molar-refractivity contribution in [2.45, 2.75) is 6.92 Å². The zero-order valence-electron chi connectivity index (χ0n) is 11.6. The molecule has 2 aromatic carbocycles. The molecule has 0 saturated heterocycles. The van der Waals surface area contributed by atoms with Crippen molar-refractivity contribution in [3.05, 3.63) is 54.1 Å². The Morgan fingerprint density at radius 1 is 1.10 bits per heavy atom. The number of hydrogen-bond donors (Lipinski definition) is 1. The van der Waals surface area contributed by atoms with Crippen molar-refractivity contribution in [3.63, 3.8) is 0 Å². The van der Waals surface area contributed by atoms with Crippen LogP contribution in [-0.4, -0.2) is 19.6 Å². The molecule has 1 amide bonds. The van der Waals surface area contributed by atoms with Gasteiger partial charge in [-0.25, -0.2) is 0 Å². The van der Waals surface area contributed by atoms with E-state index in [2.05, 4.69) is 5.32 Å². The minimum atomic E-state index is -0.227.